The number of amides is 1. The number of hydrogen-bond acceptors (Lipinski definition) is 4. The highest BCUT2D eigenvalue weighted by Gasteiger charge is 2.38. The van der Waals surface area contributed by atoms with Crippen molar-refractivity contribution in [2.75, 3.05) is 18.5 Å². The molecular weight excluding hydrogens is 444 g/mol. The van der Waals surface area contributed by atoms with Crippen LogP contribution < -0.4 is 15.8 Å². The quantitative estimate of drug-likeness (QED) is 0.450. The minimum Gasteiger partial charge on any atom is -0.489 e. The number of aliphatic carboxylic acids is 1. The second kappa shape index (κ2) is 11.6. The molecule has 0 radical (unpaired) electrons. The van der Waals surface area contributed by atoms with Crippen molar-refractivity contribution < 1.29 is 37.0 Å². The molecule has 0 aliphatic heterocycles. The Morgan fingerprint density at radius 1 is 1.00 bits per heavy atom. The van der Waals surface area contributed by atoms with Crippen molar-refractivity contribution in [3.63, 3.8) is 0 Å². The van der Waals surface area contributed by atoms with Crippen molar-refractivity contribution in [3.05, 3.63) is 84.2 Å². The van der Waals surface area contributed by atoms with E-state index >= 15 is 0 Å². The zero-order valence-corrected chi connectivity index (χ0v) is 17.1. The van der Waals surface area contributed by atoms with Gasteiger partial charge in [-0.2, -0.15) is 13.2 Å². The highest BCUT2D eigenvalue weighted by atomic mass is 19.4. The number of fused-ring (bicyclic) bond motifs is 1. The summed E-state index contributed by atoms with van der Waals surface area (Å²) in [5.74, 6) is -2.42. The molecule has 0 saturated carbocycles. The maximum absolute atomic E-state index is 12.5. The molecule has 0 aliphatic carbocycles. The fourth-order valence-corrected chi connectivity index (χ4v) is 2.54. The van der Waals surface area contributed by atoms with Crippen molar-refractivity contribution in [1.82, 2.24) is 0 Å². The average Bonchev–Trinajstić information content (AvgIpc) is 2.80. The minimum absolute atomic E-state index is 0.0779. The van der Waals surface area contributed by atoms with Crippen LogP contribution in [0.15, 0.2) is 78.6 Å². The summed E-state index contributed by atoms with van der Waals surface area (Å²) in [6.07, 6.45) is -4.63. The molecule has 0 aromatic heterocycles. The summed E-state index contributed by atoms with van der Waals surface area (Å²) in [6.45, 7) is 0.177. The first-order valence-electron chi connectivity index (χ1n) is 9.46. The zero-order chi connectivity index (χ0) is 24.4. The molecule has 0 atom stereocenters. The van der Waals surface area contributed by atoms with E-state index in [9.17, 15) is 22.4 Å². The Kier molecular flexibility index (Phi) is 8.93. The SMILES string of the molecule is NCC(=CF)COc1ccc(C(=O)Nc2cccc3ccccc23)cc1.O=C(O)C(F)(F)F. The fraction of sp³-hybridized carbons (Fsp3) is 0.130. The molecule has 0 bridgehead atoms. The van der Waals surface area contributed by atoms with Gasteiger partial charge in [-0.1, -0.05) is 36.4 Å². The van der Waals surface area contributed by atoms with E-state index in [1.165, 1.54) is 0 Å². The zero-order valence-electron chi connectivity index (χ0n) is 17.1. The van der Waals surface area contributed by atoms with Crippen molar-refractivity contribution in [2.45, 2.75) is 6.18 Å². The standard InChI is InChI=1S/C21H19FN2O2.C2HF3O2/c22-12-15(13-23)14-26-18-10-8-17(9-11-18)21(25)24-20-7-3-5-16-4-1-2-6-19(16)20;3-2(4,5)1(6)7/h1-12H,13-14,23H2,(H,24,25);(H,6,7). The van der Waals surface area contributed by atoms with Crippen LogP contribution in [-0.2, 0) is 4.79 Å². The largest absolute Gasteiger partial charge is 0.490 e. The molecule has 0 saturated heterocycles. The highest BCUT2D eigenvalue weighted by Crippen LogP contribution is 2.24. The van der Waals surface area contributed by atoms with E-state index in [-0.39, 0.29) is 19.1 Å². The van der Waals surface area contributed by atoms with Gasteiger partial charge in [-0.15, -0.1) is 0 Å². The van der Waals surface area contributed by atoms with Crippen LogP contribution in [0, 0.1) is 0 Å². The lowest BCUT2D eigenvalue weighted by molar-refractivity contribution is -0.192. The summed E-state index contributed by atoms with van der Waals surface area (Å²) < 4.78 is 49.7. The number of alkyl halides is 3. The first-order chi connectivity index (χ1) is 15.7. The summed E-state index contributed by atoms with van der Waals surface area (Å²) >= 11 is 0. The molecule has 1 amide bonds. The number of hydrogen-bond donors (Lipinski definition) is 3. The predicted octanol–water partition coefficient (Wildman–Crippen LogP) is 4.92. The minimum atomic E-state index is -5.08. The molecular formula is C23H20F4N2O4. The molecule has 0 heterocycles. The number of carbonyl (C=O) groups excluding carboxylic acids is 1. The van der Waals surface area contributed by atoms with Crippen LogP contribution in [0.5, 0.6) is 5.75 Å². The Labute approximate surface area is 186 Å². The normalized spacial score (nSPS) is 11.4. The van der Waals surface area contributed by atoms with Gasteiger partial charge in [-0.05, 0) is 35.7 Å². The summed E-state index contributed by atoms with van der Waals surface area (Å²) in [7, 11) is 0. The molecule has 3 aromatic carbocycles. The van der Waals surface area contributed by atoms with E-state index in [0.717, 1.165) is 16.5 Å². The average molecular weight is 464 g/mol. The second-order valence-electron chi connectivity index (χ2n) is 6.57. The van der Waals surface area contributed by atoms with E-state index in [2.05, 4.69) is 5.32 Å². The molecule has 6 nitrogen and oxygen atoms in total. The van der Waals surface area contributed by atoms with E-state index < -0.39 is 12.1 Å². The lowest BCUT2D eigenvalue weighted by Crippen LogP contribution is -2.21. The molecule has 10 heteroatoms. The van der Waals surface area contributed by atoms with Gasteiger partial charge in [-0.25, -0.2) is 9.18 Å². The summed E-state index contributed by atoms with van der Waals surface area (Å²) in [5.41, 5.74) is 7.01. The third kappa shape index (κ3) is 7.62. The van der Waals surface area contributed by atoms with Crippen molar-refractivity contribution in [2.24, 2.45) is 5.73 Å². The molecule has 33 heavy (non-hydrogen) atoms. The number of halogens is 4. The van der Waals surface area contributed by atoms with Gasteiger partial charge in [0.1, 0.15) is 12.4 Å². The van der Waals surface area contributed by atoms with Gasteiger partial charge in [0.2, 0.25) is 0 Å². The smallest absolute Gasteiger partial charge is 0.489 e. The summed E-state index contributed by atoms with van der Waals surface area (Å²) in [6, 6.07) is 20.3. The fourth-order valence-electron chi connectivity index (χ4n) is 2.54. The number of nitrogens with one attached hydrogen (secondary N) is 1. The molecule has 4 N–H and O–H groups in total. The summed E-state index contributed by atoms with van der Waals surface area (Å²) in [4.78, 5) is 21.4. The van der Waals surface area contributed by atoms with Crippen LogP contribution in [0.2, 0.25) is 0 Å². The number of carboxylic acids is 1. The molecule has 0 aliphatic rings. The van der Waals surface area contributed by atoms with Crippen LogP contribution in [0.25, 0.3) is 10.8 Å². The third-order valence-corrected chi connectivity index (χ3v) is 4.24. The maximum Gasteiger partial charge on any atom is 0.490 e. The molecule has 0 fully saturated rings. The lowest BCUT2D eigenvalue weighted by atomic mass is 10.1. The first kappa shape index (κ1) is 25.3. The van der Waals surface area contributed by atoms with Gasteiger partial charge in [0.15, 0.2) is 0 Å². The molecule has 174 valence electrons. The van der Waals surface area contributed by atoms with Crippen LogP contribution in [0.1, 0.15) is 10.4 Å². The van der Waals surface area contributed by atoms with Gasteiger partial charge in [0.05, 0.1) is 6.33 Å². The van der Waals surface area contributed by atoms with Crippen LogP contribution >= 0.6 is 0 Å². The first-order valence-corrected chi connectivity index (χ1v) is 9.46. The second-order valence-corrected chi connectivity index (χ2v) is 6.57. The van der Waals surface area contributed by atoms with Crippen molar-refractivity contribution in [3.8, 4) is 5.75 Å². The van der Waals surface area contributed by atoms with Crippen LogP contribution in [0.3, 0.4) is 0 Å². The monoisotopic (exact) mass is 464 g/mol. The van der Waals surface area contributed by atoms with E-state index in [1.54, 1.807) is 24.3 Å². The molecule has 0 unspecified atom stereocenters. The van der Waals surface area contributed by atoms with Gasteiger partial charge in [0, 0.05) is 28.8 Å². The van der Waals surface area contributed by atoms with E-state index in [1.807, 2.05) is 42.5 Å². The highest BCUT2D eigenvalue weighted by molar-refractivity contribution is 6.09. The number of rotatable bonds is 6. The number of ether oxygens (including phenoxy) is 1. The van der Waals surface area contributed by atoms with Gasteiger partial charge >= 0.3 is 12.1 Å². The Morgan fingerprint density at radius 3 is 2.18 bits per heavy atom. The van der Waals surface area contributed by atoms with Crippen LogP contribution in [0.4, 0.5) is 23.2 Å². The van der Waals surface area contributed by atoms with Gasteiger partial charge < -0.3 is 20.9 Å². The Morgan fingerprint density at radius 2 is 1.61 bits per heavy atom. The Balaban J connectivity index is 0.000000479. The Bertz CT molecular complexity index is 1120. The van der Waals surface area contributed by atoms with Crippen molar-refractivity contribution >= 4 is 28.3 Å². The molecule has 3 aromatic rings. The number of carbonyl (C=O) groups is 2. The van der Waals surface area contributed by atoms with E-state index in [0.29, 0.717) is 23.2 Å². The predicted molar refractivity (Wildman–Crippen MR) is 116 cm³/mol. The van der Waals surface area contributed by atoms with Crippen LogP contribution in [-0.4, -0.2) is 36.3 Å². The topological polar surface area (TPSA) is 102 Å². The van der Waals surface area contributed by atoms with Gasteiger partial charge in [-0.3, -0.25) is 4.79 Å². The number of anilines is 1. The molecule has 0 spiro atoms. The Hall–Kier alpha value is -3.92. The van der Waals surface area contributed by atoms with E-state index in [4.69, 9.17) is 20.4 Å². The maximum atomic E-state index is 12.5. The number of nitrogens with two attached hydrogens (primary N) is 1. The lowest BCUT2D eigenvalue weighted by Gasteiger charge is -2.10. The third-order valence-electron chi connectivity index (χ3n) is 4.24. The van der Waals surface area contributed by atoms with Gasteiger partial charge in [0.25, 0.3) is 5.91 Å². The number of carboxylic acid groups (broad SMARTS) is 1. The summed E-state index contributed by atoms with van der Waals surface area (Å²) in [5, 5.41) is 12.1. The number of benzene rings is 3. The molecule has 3 rings (SSSR count). The van der Waals surface area contributed by atoms with Crippen molar-refractivity contribution in [1.29, 1.82) is 0 Å².